The van der Waals surface area contributed by atoms with Crippen molar-refractivity contribution in [1.82, 2.24) is 14.5 Å². The molecule has 1 fully saturated rings. The van der Waals surface area contributed by atoms with Crippen molar-refractivity contribution in [2.75, 3.05) is 11.9 Å². The number of fused-ring (bicyclic) bond motifs is 1. The molecule has 6 N–H and O–H groups in total. The molecule has 2 aromatic heterocycles. The van der Waals surface area contributed by atoms with E-state index in [0.29, 0.717) is 0 Å². The average Bonchev–Trinajstić information content (AvgIpc) is 3.21. The number of aliphatic hydroxyl groups excluding tert-OH is 4. The van der Waals surface area contributed by atoms with Gasteiger partial charge in [0.2, 0.25) is 11.7 Å². The predicted octanol–water partition coefficient (Wildman–Crippen LogP) is -2.95. The SMILES string of the molecule is CC(=O)[C@@H](O)Nc1nc2c(c(=O)[nH]1)n([C@@H](O)C(C)=O)c[n+]2[C@H]1C[C@H](O)[C@@H](CO)O1. The van der Waals surface area contributed by atoms with Gasteiger partial charge in [-0.1, -0.05) is 4.98 Å². The van der Waals surface area contributed by atoms with Crippen LogP contribution < -0.4 is 15.4 Å². The second-order valence-electron chi connectivity index (χ2n) is 6.77. The van der Waals surface area contributed by atoms with Gasteiger partial charge in [-0.05, 0) is 6.92 Å². The van der Waals surface area contributed by atoms with Gasteiger partial charge in [0.15, 0.2) is 30.3 Å². The summed E-state index contributed by atoms with van der Waals surface area (Å²) >= 11 is 0. The molecule has 0 bridgehead atoms. The number of nitrogens with zero attached hydrogens (tertiary/aromatic N) is 3. The molecule has 0 radical (unpaired) electrons. The van der Waals surface area contributed by atoms with Gasteiger partial charge >= 0.3 is 5.65 Å². The molecule has 13 nitrogen and oxygen atoms in total. The van der Waals surface area contributed by atoms with E-state index in [2.05, 4.69) is 15.3 Å². The van der Waals surface area contributed by atoms with E-state index >= 15 is 0 Å². The zero-order valence-corrected chi connectivity index (χ0v) is 15.6. The quantitative estimate of drug-likeness (QED) is 0.202. The van der Waals surface area contributed by atoms with E-state index in [4.69, 9.17) is 4.74 Å². The monoisotopic (exact) mass is 412 g/mol. The summed E-state index contributed by atoms with van der Waals surface area (Å²) in [4.78, 5) is 42.0. The molecule has 158 valence electrons. The highest BCUT2D eigenvalue weighted by atomic mass is 16.5. The number of imidazole rings is 1. The van der Waals surface area contributed by atoms with Crippen molar-refractivity contribution in [3.8, 4) is 0 Å². The van der Waals surface area contributed by atoms with Crippen LogP contribution in [0.3, 0.4) is 0 Å². The number of nitrogens with one attached hydrogen (secondary N) is 2. The maximum atomic E-state index is 12.6. The summed E-state index contributed by atoms with van der Waals surface area (Å²) in [5, 5.41) is 41.5. The van der Waals surface area contributed by atoms with Gasteiger partial charge in [0.05, 0.1) is 12.7 Å². The Kier molecular flexibility index (Phi) is 5.77. The summed E-state index contributed by atoms with van der Waals surface area (Å²) in [6, 6.07) is 0. The first-order valence-electron chi connectivity index (χ1n) is 8.78. The third-order valence-corrected chi connectivity index (χ3v) is 4.61. The molecule has 2 aromatic rings. The predicted molar refractivity (Wildman–Crippen MR) is 94.4 cm³/mol. The van der Waals surface area contributed by atoms with Crippen molar-refractivity contribution in [2.45, 2.75) is 51.2 Å². The average molecular weight is 412 g/mol. The van der Waals surface area contributed by atoms with Gasteiger partial charge < -0.3 is 30.5 Å². The second kappa shape index (κ2) is 7.96. The molecular formula is C16H22N5O8+. The number of hydrogen-bond acceptors (Lipinski definition) is 10. The summed E-state index contributed by atoms with van der Waals surface area (Å²) in [7, 11) is 0. The first kappa shape index (κ1) is 21.0. The van der Waals surface area contributed by atoms with E-state index in [1.807, 2.05) is 0 Å². The van der Waals surface area contributed by atoms with Gasteiger partial charge in [0.1, 0.15) is 6.10 Å². The fraction of sp³-hybridized carbons (Fsp3) is 0.562. The number of ether oxygens (including phenoxy) is 1. The van der Waals surface area contributed by atoms with Gasteiger partial charge in [-0.3, -0.25) is 19.4 Å². The van der Waals surface area contributed by atoms with Crippen molar-refractivity contribution in [2.24, 2.45) is 0 Å². The molecule has 1 aliphatic heterocycles. The summed E-state index contributed by atoms with van der Waals surface area (Å²) in [5.74, 6) is -1.48. The number of hydrogen-bond donors (Lipinski definition) is 6. The number of rotatable bonds is 7. The van der Waals surface area contributed by atoms with Crippen LogP contribution in [0.1, 0.15) is 32.7 Å². The Labute approximate surface area is 163 Å². The minimum Gasteiger partial charge on any atom is -0.394 e. The van der Waals surface area contributed by atoms with Crippen LogP contribution in [0.5, 0.6) is 0 Å². The first-order valence-corrected chi connectivity index (χ1v) is 8.78. The second-order valence-corrected chi connectivity index (χ2v) is 6.77. The lowest BCUT2D eigenvalue weighted by Crippen LogP contribution is -2.40. The van der Waals surface area contributed by atoms with Gasteiger partial charge in [0.25, 0.3) is 11.5 Å². The number of carbonyl (C=O) groups excluding carboxylic acids is 2. The zero-order valence-electron chi connectivity index (χ0n) is 15.6. The first-order chi connectivity index (χ1) is 13.6. The Bertz CT molecular complexity index is 1000. The molecule has 13 heteroatoms. The van der Waals surface area contributed by atoms with E-state index < -0.39 is 54.6 Å². The van der Waals surface area contributed by atoms with Crippen LogP contribution in [0.25, 0.3) is 11.2 Å². The Morgan fingerprint density at radius 1 is 1.41 bits per heavy atom. The minimum absolute atomic E-state index is 0.0388. The largest absolute Gasteiger partial charge is 0.394 e. The summed E-state index contributed by atoms with van der Waals surface area (Å²) in [5.41, 5.74) is -0.964. The third kappa shape index (κ3) is 3.90. The Morgan fingerprint density at radius 2 is 2.10 bits per heavy atom. The van der Waals surface area contributed by atoms with Gasteiger partial charge in [-0.15, -0.1) is 0 Å². The standard InChI is InChI=1S/C16H21N5O8/c1-6(23)13(26)18-16-17-12-11(14(27)19-16)21(15(28)7(2)24)5-20(12)10-3-8(25)9(4-22)29-10/h5,8-10,13,15,22,25-26,28H,3-4H2,1-2H3,(H-,17,18,19,27)/p+1/t8-,9+,10+,13+,15-/m0/s1. The Morgan fingerprint density at radius 3 is 2.66 bits per heavy atom. The van der Waals surface area contributed by atoms with Crippen LogP contribution in [0, 0.1) is 0 Å². The molecule has 0 spiro atoms. The number of carbonyl (C=O) groups is 2. The molecule has 1 saturated heterocycles. The maximum Gasteiger partial charge on any atom is 0.313 e. The zero-order chi connectivity index (χ0) is 21.5. The third-order valence-electron chi connectivity index (χ3n) is 4.61. The summed E-state index contributed by atoms with van der Waals surface area (Å²) in [6.07, 6.45) is -4.69. The lowest BCUT2D eigenvalue weighted by atomic mass is 10.2. The van der Waals surface area contributed by atoms with Crippen LogP contribution in [0.2, 0.25) is 0 Å². The molecule has 0 saturated carbocycles. The molecule has 5 atom stereocenters. The number of anilines is 1. The van der Waals surface area contributed by atoms with Gasteiger partial charge in [-0.2, -0.15) is 0 Å². The lowest BCUT2D eigenvalue weighted by molar-refractivity contribution is -0.739. The van der Waals surface area contributed by atoms with Gasteiger partial charge in [0, 0.05) is 13.3 Å². The van der Waals surface area contributed by atoms with E-state index in [0.717, 1.165) is 18.4 Å². The van der Waals surface area contributed by atoms with E-state index in [-0.39, 0.29) is 23.5 Å². The van der Waals surface area contributed by atoms with Crippen LogP contribution in [-0.2, 0) is 14.3 Å². The molecule has 0 amide bonds. The number of aromatic amines is 1. The Hall–Kier alpha value is -2.71. The van der Waals surface area contributed by atoms with Crippen molar-refractivity contribution in [3.05, 3.63) is 16.7 Å². The van der Waals surface area contributed by atoms with Crippen LogP contribution in [0.4, 0.5) is 5.95 Å². The Balaban J connectivity index is 2.16. The van der Waals surface area contributed by atoms with Crippen LogP contribution in [-0.4, -0.2) is 71.6 Å². The fourth-order valence-electron chi connectivity index (χ4n) is 3.06. The van der Waals surface area contributed by atoms with E-state index in [1.54, 1.807) is 0 Å². The van der Waals surface area contributed by atoms with E-state index in [9.17, 15) is 34.8 Å². The number of ketones is 2. The van der Waals surface area contributed by atoms with Crippen LogP contribution in [0.15, 0.2) is 11.1 Å². The molecule has 1 aliphatic rings. The number of H-pyrrole nitrogens is 1. The highest BCUT2D eigenvalue weighted by Gasteiger charge is 2.40. The molecule has 3 heterocycles. The number of Topliss-reactive ketones (excluding diaryl/α,β-unsaturated/α-hetero) is 2. The van der Waals surface area contributed by atoms with E-state index in [1.165, 1.54) is 10.9 Å². The number of aliphatic hydroxyl groups is 4. The smallest absolute Gasteiger partial charge is 0.313 e. The van der Waals surface area contributed by atoms with Crippen molar-refractivity contribution in [1.29, 1.82) is 0 Å². The summed E-state index contributed by atoms with van der Waals surface area (Å²) in [6.45, 7) is 1.84. The summed E-state index contributed by atoms with van der Waals surface area (Å²) < 4.78 is 7.89. The normalized spacial score (nSPS) is 23.9. The fourth-order valence-corrected chi connectivity index (χ4v) is 3.06. The molecule has 0 aromatic carbocycles. The van der Waals surface area contributed by atoms with Crippen molar-refractivity contribution in [3.63, 3.8) is 0 Å². The van der Waals surface area contributed by atoms with Crippen LogP contribution >= 0.6 is 0 Å². The number of aromatic nitrogens is 4. The molecule has 3 rings (SSSR count). The highest BCUT2D eigenvalue weighted by Crippen LogP contribution is 2.26. The van der Waals surface area contributed by atoms with Crippen molar-refractivity contribution >= 4 is 28.7 Å². The molecule has 0 aliphatic carbocycles. The minimum atomic E-state index is -1.68. The van der Waals surface area contributed by atoms with Crippen molar-refractivity contribution < 1.29 is 39.3 Å². The molecule has 29 heavy (non-hydrogen) atoms. The van der Waals surface area contributed by atoms with Gasteiger partial charge in [-0.25, -0.2) is 9.13 Å². The molecular weight excluding hydrogens is 390 g/mol. The highest BCUT2D eigenvalue weighted by molar-refractivity contribution is 5.82. The lowest BCUT2D eigenvalue weighted by Gasteiger charge is -2.10. The molecule has 0 unspecified atom stereocenters. The topological polar surface area (TPSA) is 191 Å². The maximum absolute atomic E-state index is 12.6.